The molecule has 1 amide bonds. The van der Waals surface area contributed by atoms with E-state index in [-0.39, 0.29) is 5.91 Å². The standard InChI is InChI=1S/C21H23NO/c23-21(20-14-8-3-9-15-20)22(16-18-10-4-1-5-11-18)17-19-12-6-2-7-13-19/h1-2,4-7,10-14H,3,8-9,15-17H2. The fraction of sp³-hybridized carbons (Fsp3) is 0.286. The van der Waals surface area contributed by atoms with Crippen LogP contribution in [-0.2, 0) is 17.9 Å². The lowest BCUT2D eigenvalue weighted by Gasteiger charge is -2.25. The van der Waals surface area contributed by atoms with Gasteiger partial charge >= 0.3 is 0 Å². The number of hydrogen-bond acceptors (Lipinski definition) is 1. The van der Waals surface area contributed by atoms with Crippen molar-refractivity contribution in [3.05, 3.63) is 83.4 Å². The van der Waals surface area contributed by atoms with Crippen molar-refractivity contribution in [2.24, 2.45) is 0 Å². The van der Waals surface area contributed by atoms with E-state index in [9.17, 15) is 4.79 Å². The van der Waals surface area contributed by atoms with E-state index >= 15 is 0 Å². The summed E-state index contributed by atoms with van der Waals surface area (Å²) in [6.07, 6.45) is 6.41. The van der Waals surface area contributed by atoms with Gasteiger partial charge in [-0.15, -0.1) is 0 Å². The van der Waals surface area contributed by atoms with Gasteiger partial charge in [-0.2, -0.15) is 0 Å². The molecule has 0 aromatic heterocycles. The van der Waals surface area contributed by atoms with Gasteiger partial charge < -0.3 is 4.90 Å². The van der Waals surface area contributed by atoms with Crippen molar-refractivity contribution in [1.29, 1.82) is 0 Å². The Morgan fingerprint density at radius 2 is 1.39 bits per heavy atom. The average molecular weight is 305 g/mol. The number of nitrogens with zero attached hydrogens (tertiary/aromatic N) is 1. The Morgan fingerprint density at radius 3 is 1.87 bits per heavy atom. The van der Waals surface area contributed by atoms with Crippen LogP contribution in [-0.4, -0.2) is 10.8 Å². The molecule has 0 bridgehead atoms. The van der Waals surface area contributed by atoms with Crippen LogP contribution in [0.4, 0.5) is 0 Å². The molecule has 0 N–H and O–H groups in total. The monoisotopic (exact) mass is 305 g/mol. The molecular formula is C21H23NO. The summed E-state index contributed by atoms with van der Waals surface area (Å²) in [7, 11) is 0. The number of rotatable bonds is 5. The van der Waals surface area contributed by atoms with Gasteiger partial charge in [-0.25, -0.2) is 0 Å². The van der Waals surface area contributed by atoms with Crippen LogP contribution in [0, 0.1) is 0 Å². The van der Waals surface area contributed by atoms with Crippen LogP contribution < -0.4 is 0 Å². The third-order valence-electron chi connectivity index (χ3n) is 4.29. The van der Waals surface area contributed by atoms with E-state index in [4.69, 9.17) is 0 Å². The van der Waals surface area contributed by atoms with Crippen molar-refractivity contribution >= 4 is 5.91 Å². The Balaban J connectivity index is 1.80. The molecule has 118 valence electrons. The van der Waals surface area contributed by atoms with E-state index in [1.165, 1.54) is 17.5 Å². The third kappa shape index (κ3) is 4.32. The quantitative estimate of drug-likeness (QED) is 0.783. The summed E-state index contributed by atoms with van der Waals surface area (Å²) in [6, 6.07) is 20.5. The molecule has 0 fully saturated rings. The van der Waals surface area contributed by atoms with Crippen LogP contribution in [0.3, 0.4) is 0 Å². The Morgan fingerprint density at radius 1 is 0.826 bits per heavy atom. The second-order valence-corrected chi connectivity index (χ2v) is 6.11. The Hall–Kier alpha value is -2.35. The van der Waals surface area contributed by atoms with Gasteiger partial charge in [0.1, 0.15) is 0 Å². The number of benzene rings is 2. The first-order valence-electron chi connectivity index (χ1n) is 8.39. The molecule has 23 heavy (non-hydrogen) atoms. The van der Waals surface area contributed by atoms with Crippen molar-refractivity contribution in [3.63, 3.8) is 0 Å². The number of amides is 1. The van der Waals surface area contributed by atoms with E-state index in [0.717, 1.165) is 24.8 Å². The number of allylic oxidation sites excluding steroid dienone is 1. The zero-order valence-electron chi connectivity index (χ0n) is 13.4. The maximum absolute atomic E-state index is 13.0. The average Bonchev–Trinajstić information content (AvgIpc) is 2.63. The Kier molecular flexibility index (Phi) is 5.25. The molecule has 1 aliphatic rings. The normalized spacial score (nSPS) is 14.2. The predicted molar refractivity (Wildman–Crippen MR) is 93.7 cm³/mol. The zero-order valence-corrected chi connectivity index (χ0v) is 13.4. The van der Waals surface area contributed by atoms with E-state index in [1.807, 2.05) is 41.3 Å². The van der Waals surface area contributed by atoms with Gasteiger partial charge in [0.2, 0.25) is 5.91 Å². The first kappa shape index (κ1) is 15.5. The fourth-order valence-electron chi connectivity index (χ4n) is 3.04. The lowest BCUT2D eigenvalue weighted by atomic mass is 9.98. The van der Waals surface area contributed by atoms with Gasteiger partial charge in [-0.3, -0.25) is 4.79 Å². The third-order valence-corrected chi connectivity index (χ3v) is 4.29. The molecule has 2 aromatic rings. The van der Waals surface area contributed by atoms with Crippen LogP contribution in [0.5, 0.6) is 0 Å². The predicted octanol–water partition coefficient (Wildman–Crippen LogP) is 4.72. The maximum atomic E-state index is 13.0. The van der Waals surface area contributed by atoms with Gasteiger partial charge in [0.05, 0.1) is 0 Å². The van der Waals surface area contributed by atoms with Crippen LogP contribution in [0.2, 0.25) is 0 Å². The minimum Gasteiger partial charge on any atom is -0.330 e. The molecule has 0 saturated heterocycles. The van der Waals surface area contributed by atoms with Crippen molar-refractivity contribution in [1.82, 2.24) is 4.90 Å². The first-order valence-corrected chi connectivity index (χ1v) is 8.39. The minimum absolute atomic E-state index is 0.192. The summed E-state index contributed by atoms with van der Waals surface area (Å²) in [5.74, 6) is 0.192. The molecule has 3 rings (SSSR count). The molecule has 0 radical (unpaired) electrons. The molecule has 2 nitrogen and oxygen atoms in total. The first-order chi connectivity index (χ1) is 11.3. The molecule has 1 aliphatic carbocycles. The van der Waals surface area contributed by atoms with E-state index in [0.29, 0.717) is 13.1 Å². The highest BCUT2D eigenvalue weighted by Crippen LogP contribution is 2.21. The summed E-state index contributed by atoms with van der Waals surface area (Å²) in [4.78, 5) is 14.9. The largest absolute Gasteiger partial charge is 0.330 e. The van der Waals surface area contributed by atoms with E-state index < -0.39 is 0 Å². The van der Waals surface area contributed by atoms with E-state index in [2.05, 4.69) is 30.3 Å². The molecule has 0 aliphatic heterocycles. The number of hydrogen-bond donors (Lipinski definition) is 0. The van der Waals surface area contributed by atoms with Crippen molar-refractivity contribution < 1.29 is 4.79 Å². The number of carbonyl (C=O) groups is 1. The van der Waals surface area contributed by atoms with Crippen molar-refractivity contribution in [2.45, 2.75) is 38.8 Å². The highest BCUT2D eigenvalue weighted by Gasteiger charge is 2.20. The second kappa shape index (κ2) is 7.77. The minimum atomic E-state index is 0.192. The number of carbonyl (C=O) groups excluding carboxylic acids is 1. The Bertz CT molecular complexity index is 619. The van der Waals surface area contributed by atoms with Gasteiger partial charge in [0.25, 0.3) is 0 Å². The summed E-state index contributed by atoms with van der Waals surface area (Å²) in [6.45, 7) is 1.32. The summed E-state index contributed by atoms with van der Waals surface area (Å²) < 4.78 is 0. The van der Waals surface area contributed by atoms with Crippen LogP contribution in [0.15, 0.2) is 72.3 Å². The van der Waals surface area contributed by atoms with Gasteiger partial charge in [0.15, 0.2) is 0 Å². The van der Waals surface area contributed by atoms with Crippen LogP contribution >= 0.6 is 0 Å². The molecule has 0 saturated carbocycles. The summed E-state index contributed by atoms with van der Waals surface area (Å²) >= 11 is 0. The highest BCUT2D eigenvalue weighted by atomic mass is 16.2. The lowest BCUT2D eigenvalue weighted by molar-refractivity contribution is -0.128. The topological polar surface area (TPSA) is 20.3 Å². The van der Waals surface area contributed by atoms with Gasteiger partial charge in [-0.1, -0.05) is 66.7 Å². The smallest absolute Gasteiger partial charge is 0.250 e. The molecule has 2 heteroatoms. The maximum Gasteiger partial charge on any atom is 0.250 e. The summed E-state index contributed by atoms with van der Waals surface area (Å²) in [5, 5.41) is 0. The van der Waals surface area contributed by atoms with E-state index in [1.54, 1.807) is 0 Å². The molecule has 0 atom stereocenters. The SMILES string of the molecule is O=C(C1=CCCCC1)N(Cc1ccccc1)Cc1ccccc1. The van der Waals surface area contributed by atoms with Crippen LogP contribution in [0.25, 0.3) is 0 Å². The molecule has 2 aromatic carbocycles. The van der Waals surface area contributed by atoms with Gasteiger partial charge in [0, 0.05) is 18.7 Å². The lowest BCUT2D eigenvalue weighted by Crippen LogP contribution is -2.31. The summed E-state index contributed by atoms with van der Waals surface area (Å²) in [5.41, 5.74) is 3.34. The van der Waals surface area contributed by atoms with Crippen molar-refractivity contribution in [2.75, 3.05) is 0 Å². The van der Waals surface area contributed by atoms with Crippen molar-refractivity contribution in [3.8, 4) is 0 Å². The second-order valence-electron chi connectivity index (χ2n) is 6.11. The Labute approximate surface area is 138 Å². The molecule has 0 unspecified atom stereocenters. The molecular weight excluding hydrogens is 282 g/mol. The van der Waals surface area contributed by atoms with Gasteiger partial charge in [-0.05, 0) is 36.8 Å². The highest BCUT2D eigenvalue weighted by molar-refractivity contribution is 5.93. The molecule has 0 spiro atoms. The van der Waals surface area contributed by atoms with Crippen LogP contribution in [0.1, 0.15) is 36.8 Å². The zero-order chi connectivity index (χ0) is 15.9. The fourth-order valence-corrected chi connectivity index (χ4v) is 3.04. The molecule has 0 heterocycles.